The van der Waals surface area contributed by atoms with Crippen molar-refractivity contribution in [1.29, 1.82) is 0 Å². The number of ketones is 2. The zero-order chi connectivity index (χ0) is 18.5. The third-order valence-electron chi connectivity index (χ3n) is 3.82. The first-order valence-corrected chi connectivity index (χ1v) is 8.21. The predicted molar refractivity (Wildman–Crippen MR) is 99.5 cm³/mol. The number of hydrogen-bond acceptors (Lipinski definition) is 4. The largest absolute Gasteiger partial charge is 0.453 e. The monoisotopic (exact) mass is 346 g/mol. The van der Waals surface area contributed by atoms with E-state index in [2.05, 4.69) is 0 Å². The molecule has 3 aromatic rings. The maximum atomic E-state index is 11.8. The molecule has 0 aliphatic rings. The summed E-state index contributed by atoms with van der Waals surface area (Å²) in [4.78, 5) is 23.6. The Bertz CT molecular complexity index is 881. The Morgan fingerprint density at radius 1 is 0.538 bits per heavy atom. The first kappa shape index (κ1) is 17.4. The Labute approximate surface area is 152 Å². The number of benzene rings is 3. The molecule has 0 fully saturated rings. The molecule has 3 rings (SSSR count). The summed E-state index contributed by atoms with van der Waals surface area (Å²) in [5.41, 5.74) is 0.984. The summed E-state index contributed by atoms with van der Waals surface area (Å²) in [5.74, 6) is 1.66. The van der Waals surface area contributed by atoms with Crippen LogP contribution in [-0.4, -0.2) is 11.6 Å². The van der Waals surface area contributed by atoms with Crippen LogP contribution in [0.1, 0.15) is 34.6 Å². The lowest BCUT2D eigenvalue weighted by atomic mass is 10.1. The molecule has 26 heavy (non-hydrogen) atoms. The Hall–Kier alpha value is -3.40. The first-order valence-electron chi connectivity index (χ1n) is 8.21. The average molecular weight is 346 g/mol. The maximum absolute atomic E-state index is 11.8. The zero-order valence-electron chi connectivity index (χ0n) is 14.6. The van der Waals surface area contributed by atoms with Crippen molar-refractivity contribution in [3.8, 4) is 23.0 Å². The molecule has 0 aliphatic heterocycles. The number of para-hydroxylation sites is 4. The molecule has 0 atom stereocenters. The summed E-state index contributed by atoms with van der Waals surface area (Å²) in [6.45, 7) is 2.99. The lowest BCUT2D eigenvalue weighted by Crippen LogP contribution is -1.99. The van der Waals surface area contributed by atoms with E-state index in [1.807, 2.05) is 12.1 Å². The van der Waals surface area contributed by atoms with Crippen LogP contribution in [0.15, 0.2) is 72.8 Å². The van der Waals surface area contributed by atoms with Gasteiger partial charge in [0.15, 0.2) is 23.1 Å². The van der Waals surface area contributed by atoms with Crippen molar-refractivity contribution in [1.82, 2.24) is 0 Å². The van der Waals surface area contributed by atoms with Gasteiger partial charge in [-0.15, -0.1) is 0 Å². The van der Waals surface area contributed by atoms with E-state index in [1.54, 1.807) is 60.7 Å². The fourth-order valence-corrected chi connectivity index (χ4v) is 2.55. The summed E-state index contributed by atoms with van der Waals surface area (Å²) in [6.07, 6.45) is 0. The summed E-state index contributed by atoms with van der Waals surface area (Å²) in [7, 11) is 0. The molecule has 0 saturated carbocycles. The minimum absolute atomic E-state index is 0.0825. The van der Waals surface area contributed by atoms with Gasteiger partial charge in [0.05, 0.1) is 11.1 Å². The van der Waals surface area contributed by atoms with E-state index >= 15 is 0 Å². The second kappa shape index (κ2) is 7.66. The van der Waals surface area contributed by atoms with Crippen LogP contribution in [-0.2, 0) is 0 Å². The van der Waals surface area contributed by atoms with E-state index in [-0.39, 0.29) is 11.6 Å². The third kappa shape index (κ3) is 3.81. The Kier molecular flexibility index (Phi) is 5.13. The van der Waals surface area contributed by atoms with Crippen LogP contribution in [0.4, 0.5) is 0 Å². The molecule has 0 N–H and O–H groups in total. The smallest absolute Gasteiger partial charge is 0.169 e. The molecule has 4 nitrogen and oxygen atoms in total. The maximum Gasteiger partial charge on any atom is 0.169 e. The molecule has 0 amide bonds. The zero-order valence-corrected chi connectivity index (χ0v) is 14.6. The molecular weight excluding hydrogens is 328 g/mol. The predicted octanol–water partition coefficient (Wildman–Crippen LogP) is 5.68. The molecule has 130 valence electrons. The average Bonchev–Trinajstić information content (AvgIpc) is 2.64. The fourth-order valence-electron chi connectivity index (χ4n) is 2.55. The normalized spacial score (nSPS) is 10.2. The Balaban J connectivity index is 1.96. The van der Waals surface area contributed by atoms with Crippen molar-refractivity contribution in [3.05, 3.63) is 83.9 Å². The van der Waals surface area contributed by atoms with Crippen LogP contribution in [0.3, 0.4) is 0 Å². The second-order valence-corrected chi connectivity index (χ2v) is 5.76. The van der Waals surface area contributed by atoms with Gasteiger partial charge in [0.1, 0.15) is 11.5 Å². The molecular formula is C22H18O4. The fraction of sp³-hybridized carbons (Fsp3) is 0.0909. The first-order chi connectivity index (χ1) is 12.6. The van der Waals surface area contributed by atoms with E-state index in [4.69, 9.17) is 9.47 Å². The minimum atomic E-state index is -0.0825. The SMILES string of the molecule is CC(=O)c1ccccc1Oc1ccccc1Oc1ccccc1C(C)=O. The van der Waals surface area contributed by atoms with Gasteiger partial charge in [-0.2, -0.15) is 0 Å². The number of rotatable bonds is 6. The van der Waals surface area contributed by atoms with Gasteiger partial charge in [-0.05, 0) is 50.2 Å². The number of carbonyl (C=O) groups excluding carboxylic acids is 2. The molecule has 0 unspecified atom stereocenters. The van der Waals surface area contributed by atoms with Crippen molar-refractivity contribution < 1.29 is 19.1 Å². The van der Waals surface area contributed by atoms with Gasteiger partial charge in [-0.25, -0.2) is 0 Å². The van der Waals surface area contributed by atoms with Crippen molar-refractivity contribution in [3.63, 3.8) is 0 Å². The molecule has 4 heteroatoms. The molecule has 0 saturated heterocycles. The van der Waals surface area contributed by atoms with Gasteiger partial charge in [0.25, 0.3) is 0 Å². The lowest BCUT2D eigenvalue weighted by Gasteiger charge is -2.15. The number of hydrogen-bond donors (Lipinski definition) is 0. The second-order valence-electron chi connectivity index (χ2n) is 5.76. The lowest BCUT2D eigenvalue weighted by molar-refractivity contribution is 0.100. The summed E-state index contributed by atoms with van der Waals surface area (Å²) >= 11 is 0. The summed E-state index contributed by atoms with van der Waals surface area (Å²) in [5, 5.41) is 0. The Morgan fingerprint density at radius 3 is 1.19 bits per heavy atom. The highest BCUT2D eigenvalue weighted by Crippen LogP contribution is 2.36. The van der Waals surface area contributed by atoms with Crippen LogP contribution in [0.25, 0.3) is 0 Å². The van der Waals surface area contributed by atoms with Crippen molar-refractivity contribution in [2.45, 2.75) is 13.8 Å². The van der Waals surface area contributed by atoms with Gasteiger partial charge < -0.3 is 9.47 Å². The van der Waals surface area contributed by atoms with Gasteiger partial charge >= 0.3 is 0 Å². The Morgan fingerprint density at radius 2 is 0.846 bits per heavy atom. The molecule has 0 spiro atoms. The highest BCUT2D eigenvalue weighted by atomic mass is 16.5. The van der Waals surface area contributed by atoms with Crippen LogP contribution in [0, 0.1) is 0 Å². The van der Waals surface area contributed by atoms with Crippen molar-refractivity contribution in [2.24, 2.45) is 0 Å². The van der Waals surface area contributed by atoms with Crippen LogP contribution in [0.5, 0.6) is 23.0 Å². The van der Waals surface area contributed by atoms with E-state index in [1.165, 1.54) is 13.8 Å². The molecule has 3 aromatic carbocycles. The van der Waals surface area contributed by atoms with Gasteiger partial charge in [0.2, 0.25) is 0 Å². The standard InChI is InChI=1S/C22H18O4/c1-15(23)17-9-3-5-11-19(17)25-21-13-7-8-14-22(21)26-20-12-6-4-10-18(20)16(2)24/h3-14H,1-2H3. The van der Waals surface area contributed by atoms with E-state index in [9.17, 15) is 9.59 Å². The van der Waals surface area contributed by atoms with Crippen LogP contribution < -0.4 is 9.47 Å². The molecule has 0 bridgehead atoms. The topological polar surface area (TPSA) is 52.6 Å². The van der Waals surface area contributed by atoms with Crippen LogP contribution >= 0.6 is 0 Å². The number of ether oxygens (including phenoxy) is 2. The van der Waals surface area contributed by atoms with Crippen molar-refractivity contribution >= 4 is 11.6 Å². The van der Waals surface area contributed by atoms with Crippen molar-refractivity contribution in [2.75, 3.05) is 0 Å². The van der Waals surface area contributed by atoms with Gasteiger partial charge in [0, 0.05) is 0 Å². The van der Waals surface area contributed by atoms with E-state index in [0.29, 0.717) is 34.1 Å². The van der Waals surface area contributed by atoms with E-state index in [0.717, 1.165) is 0 Å². The minimum Gasteiger partial charge on any atom is -0.453 e. The highest BCUT2D eigenvalue weighted by molar-refractivity contribution is 5.97. The molecule has 0 aromatic heterocycles. The third-order valence-corrected chi connectivity index (χ3v) is 3.82. The molecule has 0 radical (unpaired) electrons. The molecule has 0 heterocycles. The summed E-state index contributed by atoms with van der Waals surface area (Å²) in [6, 6.07) is 21.2. The highest BCUT2D eigenvalue weighted by Gasteiger charge is 2.14. The van der Waals surface area contributed by atoms with Crippen LogP contribution in [0.2, 0.25) is 0 Å². The summed E-state index contributed by atoms with van der Waals surface area (Å²) < 4.78 is 11.9. The molecule has 0 aliphatic carbocycles. The number of carbonyl (C=O) groups is 2. The van der Waals surface area contributed by atoms with Gasteiger partial charge in [-0.3, -0.25) is 9.59 Å². The quantitative estimate of drug-likeness (QED) is 0.539. The van der Waals surface area contributed by atoms with Gasteiger partial charge in [-0.1, -0.05) is 36.4 Å². The van der Waals surface area contributed by atoms with E-state index < -0.39 is 0 Å². The number of Topliss-reactive ketones (excluding diaryl/α,β-unsaturated/α-hetero) is 2.